The van der Waals surface area contributed by atoms with Crippen LogP contribution in [-0.4, -0.2) is 17.0 Å². The molecule has 26 heavy (non-hydrogen) atoms. The van der Waals surface area contributed by atoms with E-state index in [0.29, 0.717) is 18.1 Å². The van der Waals surface area contributed by atoms with Crippen molar-refractivity contribution in [3.8, 4) is 0 Å². The van der Waals surface area contributed by atoms with Gasteiger partial charge in [0.1, 0.15) is 5.82 Å². The van der Waals surface area contributed by atoms with Gasteiger partial charge in [-0.1, -0.05) is 42.5 Å². The van der Waals surface area contributed by atoms with Gasteiger partial charge in [-0.05, 0) is 48.1 Å². The molecule has 0 radical (unpaired) electrons. The zero-order valence-electron chi connectivity index (χ0n) is 14.1. The molecule has 2 bridgehead atoms. The highest BCUT2D eigenvalue weighted by Crippen LogP contribution is 2.43. The van der Waals surface area contributed by atoms with Crippen LogP contribution in [0.1, 0.15) is 36.0 Å². The van der Waals surface area contributed by atoms with Crippen LogP contribution in [0.3, 0.4) is 0 Å². The lowest BCUT2D eigenvalue weighted by molar-refractivity contribution is -0.138. The Morgan fingerprint density at radius 3 is 2.46 bits per heavy atom. The molecule has 2 aliphatic heterocycles. The van der Waals surface area contributed by atoms with Gasteiger partial charge in [0.05, 0.1) is 5.56 Å². The predicted molar refractivity (Wildman–Crippen MR) is 92.8 cm³/mol. The number of benzene rings is 2. The van der Waals surface area contributed by atoms with Crippen LogP contribution in [0.2, 0.25) is 0 Å². The third-order valence-electron chi connectivity index (χ3n) is 5.38. The minimum absolute atomic E-state index is 0.121. The number of hydrogen-bond acceptors (Lipinski definition) is 1. The first-order valence-corrected chi connectivity index (χ1v) is 8.79. The molecule has 2 aromatic rings. The maximum atomic E-state index is 13.4. The van der Waals surface area contributed by atoms with Gasteiger partial charge >= 0.3 is 6.18 Å². The summed E-state index contributed by atoms with van der Waals surface area (Å²) in [6.07, 6.45) is -0.116. The zero-order chi connectivity index (χ0) is 18.3. The third kappa shape index (κ3) is 3.28. The Bertz CT molecular complexity index is 826. The lowest BCUT2D eigenvalue weighted by Crippen LogP contribution is -2.37. The van der Waals surface area contributed by atoms with Gasteiger partial charge in [0.15, 0.2) is 0 Å². The number of rotatable bonds is 3. The largest absolute Gasteiger partial charge is 0.417 e. The molecule has 1 fully saturated rings. The molecule has 2 aliphatic rings. The van der Waals surface area contributed by atoms with E-state index in [2.05, 4.69) is 17.0 Å². The Kier molecular flexibility index (Phi) is 4.35. The van der Waals surface area contributed by atoms with E-state index >= 15 is 0 Å². The molecule has 0 saturated carbocycles. The Morgan fingerprint density at radius 2 is 1.77 bits per heavy atom. The molecular formula is C21H19F4N. The molecular weight excluding hydrogens is 342 g/mol. The summed E-state index contributed by atoms with van der Waals surface area (Å²) in [5.74, 6) is -0.855. The normalized spacial score (nSPS) is 23.2. The van der Waals surface area contributed by atoms with Crippen LogP contribution >= 0.6 is 0 Å². The fourth-order valence-corrected chi connectivity index (χ4v) is 4.19. The quantitative estimate of drug-likeness (QED) is 0.637. The van der Waals surface area contributed by atoms with Crippen LogP contribution in [0.4, 0.5) is 17.6 Å². The van der Waals surface area contributed by atoms with Gasteiger partial charge in [-0.3, -0.25) is 4.90 Å². The second kappa shape index (κ2) is 6.54. The highest BCUT2D eigenvalue weighted by atomic mass is 19.4. The average Bonchev–Trinajstić information content (AvgIpc) is 2.83. The summed E-state index contributed by atoms with van der Waals surface area (Å²) in [4.78, 5) is 2.37. The van der Waals surface area contributed by atoms with Crippen LogP contribution < -0.4 is 0 Å². The number of halogens is 4. The van der Waals surface area contributed by atoms with E-state index in [1.165, 1.54) is 11.6 Å². The van der Waals surface area contributed by atoms with Crippen molar-refractivity contribution in [2.24, 2.45) is 0 Å². The maximum Gasteiger partial charge on any atom is 0.417 e. The van der Waals surface area contributed by atoms with Gasteiger partial charge in [0.2, 0.25) is 0 Å². The Morgan fingerprint density at radius 1 is 1.00 bits per heavy atom. The van der Waals surface area contributed by atoms with Gasteiger partial charge in [-0.15, -0.1) is 0 Å². The van der Waals surface area contributed by atoms with Gasteiger partial charge < -0.3 is 0 Å². The van der Waals surface area contributed by atoms with E-state index in [1.807, 2.05) is 24.3 Å². The molecule has 0 aliphatic carbocycles. The summed E-state index contributed by atoms with van der Waals surface area (Å²) in [6.45, 7) is 0.801. The van der Waals surface area contributed by atoms with Crippen molar-refractivity contribution in [1.82, 2.24) is 4.90 Å². The molecule has 1 nitrogen and oxygen atoms in total. The van der Waals surface area contributed by atoms with Gasteiger partial charge in [-0.25, -0.2) is 4.39 Å². The number of alkyl halides is 3. The minimum Gasteiger partial charge on any atom is -0.289 e. The summed E-state index contributed by atoms with van der Waals surface area (Å²) in [5.41, 5.74) is 1.14. The molecule has 5 heteroatoms. The topological polar surface area (TPSA) is 3.24 Å². The van der Waals surface area contributed by atoms with Crippen LogP contribution in [0.25, 0.3) is 5.57 Å². The second-order valence-corrected chi connectivity index (χ2v) is 7.04. The Hall–Kier alpha value is -2.14. The molecule has 0 N–H and O–H groups in total. The fraction of sp³-hybridized carbons (Fsp3) is 0.333. The van der Waals surface area contributed by atoms with Gasteiger partial charge in [0.25, 0.3) is 0 Å². The van der Waals surface area contributed by atoms with E-state index in [-0.39, 0.29) is 17.6 Å². The van der Waals surface area contributed by atoms with Crippen molar-refractivity contribution in [2.75, 3.05) is 0 Å². The van der Waals surface area contributed by atoms with Gasteiger partial charge in [0, 0.05) is 18.6 Å². The van der Waals surface area contributed by atoms with Crippen molar-refractivity contribution in [3.63, 3.8) is 0 Å². The van der Waals surface area contributed by atoms with Gasteiger partial charge in [-0.2, -0.15) is 13.2 Å². The van der Waals surface area contributed by atoms with E-state index < -0.39 is 17.6 Å². The summed E-state index contributed by atoms with van der Waals surface area (Å²) in [5, 5.41) is 0. The first-order valence-electron chi connectivity index (χ1n) is 8.79. The molecule has 2 atom stereocenters. The van der Waals surface area contributed by atoms with E-state index in [4.69, 9.17) is 0 Å². The van der Waals surface area contributed by atoms with E-state index in [9.17, 15) is 17.6 Å². The fourth-order valence-electron chi connectivity index (χ4n) is 4.19. The lowest BCUT2D eigenvalue weighted by Gasteiger charge is -2.34. The van der Waals surface area contributed by atoms with Crippen LogP contribution in [0, 0.1) is 5.82 Å². The summed E-state index contributed by atoms with van der Waals surface area (Å²) >= 11 is 0. The van der Waals surface area contributed by atoms with Crippen molar-refractivity contribution in [3.05, 3.63) is 77.1 Å². The summed E-state index contributed by atoms with van der Waals surface area (Å²) in [6, 6.07) is 13.5. The zero-order valence-corrected chi connectivity index (χ0v) is 14.1. The molecule has 0 spiro atoms. The highest BCUT2D eigenvalue weighted by Gasteiger charge is 2.40. The molecule has 2 aromatic carbocycles. The lowest BCUT2D eigenvalue weighted by atomic mass is 9.91. The van der Waals surface area contributed by atoms with Crippen molar-refractivity contribution in [1.29, 1.82) is 0 Å². The Labute approximate surface area is 149 Å². The molecule has 4 rings (SSSR count). The summed E-state index contributed by atoms with van der Waals surface area (Å²) < 4.78 is 53.4. The summed E-state index contributed by atoms with van der Waals surface area (Å²) in [7, 11) is 0. The Balaban J connectivity index is 1.64. The molecule has 0 aromatic heterocycles. The first kappa shape index (κ1) is 17.3. The van der Waals surface area contributed by atoms with E-state index in [0.717, 1.165) is 25.5 Å². The number of nitrogens with zero attached hydrogens (tertiary/aromatic N) is 1. The minimum atomic E-state index is -4.56. The monoisotopic (exact) mass is 361 g/mol. The smallest absolute Gasteiger partial charge is 0.289 e. The van der Waals surface area contributed by atoms with E-state index in [1.54, 1.807) is 0 Å². The van der Waals surface area contributed by atoms with Crippen LogP contribution in [-0.2, 0) is 12.7 Å². The highest BCUT2D eigenvalue weighted by molar-refractivity contribution is 5.71. The first-order chi connectivity index (χ1) is 12.4. The number of fused-ring (bicyclic) bond motifs is 2. The maximum absolute atomic E-state index is 13.4. The molecule has 0 amide bonds. The van der Waals surface area contributed by atoms with Crippen LogP contribution in [0.15, 0.2) is 54.6 Å². The predicted octanol–water partition coefficient (Wildman–Crippen LogP) is 5.66. The SMILES string of the molecule is Fc1ccc(C2=CC3CCC(C2)N3Cc2ccccc2)c(C(F)(F)F)c1. The second-order valence-electron chi connectivity index (χ2n) is 7.04. The standard InChI is InChI=1S/C21H19F4N/c22-16-6-9-19(20(12-16)21(23,24)25)15-10-17-7-8-18(11-15)26(17)13-14-4-2-1-3-5-14/h1-6,9-10,12,17-18H,7-8,11,13H2. The van der Waals surface area contributed by atoms with Crippen LogP contribution in [0.5, 0.6) is 0 Å². The van der Waals surface area contributed by atoms with Crippen molar-refractivity contribution < 1.29 is 17.6 Å². The molecule has 136 valence electrons. The average molecular weight is 361 g/mol. The third-order valence-corrected chi connectivity index (χ3v) is 5.38. The van der Waals surface area contributed by atoms with Crippen molar-refractivity contribution >= 4 is 5.57 Å². The molecule has 1 saturated heterocycles. The molecule has 2 unspecified atom stereocenters. The molecule has 2 heterocycles. The van der Waals surface area contributed by atoms with Crippen molar-refractivity contribution in [2.45, 2.75) is 44.1 Å². The number of hydrogen-bond donors (Lipinski definition) is 0.